The van der Waals surface area contributed by atoms with Crippen molar-refractivity contribution in [3.8, 4) is 0 Å². The average Bonchev–Trinajstić information content (AvgIpc) is 2.60. The minimum Gasteiger partial charge on any atom is -0.380 e. The molecular weight excluding hydrogens is 358 g/mol. The van der Waals surface area contributed by atoms with E-state index in [1.165, 1.54) is 11.1 Å². The molecule has 0 atom stereocenters. The van der Waals surface area contributed by atoms with Gasteiger partial charge in [-0.15, -0.1) is 0 Å². The molecule has 2 aromatic carbocycles. The number of hydrogen-bond acceptors (Lipinski definition) is 4. The molecule has 2 N–H and O–H groups in total. The van der Waals surface area contributed by atoms with Crippen molar-refractivity contribution in [1.82, 2.24) is 4.98 Å². The Morgan fingerprint density at radius 1 is 0.926 bits per heavy atom. The summed E-state index contributed by atoms with van der Waals surface area (Å²) in [5.41, 5.74) is 4.94. The molecule has 27 heavy (non-hydrogen) atoms. The minimum absolute atomic E-state index is 0.261. The van der Waals surface area contributed by atoms with Gasteiger partial charge in [-0.05, 0) is 50.1 Å². The van der Waals surface area contributed by atoms with Crippen LogP contribution in [0.1, 0.15) is 22.3 Å². The third-order valence-corrected chi connectivity index (χ3v) is 5.72. The number of sulfonamides is 1. The molecule has 3 aromatic rings. The molecule has 0 saturated carbocycles. The van der Waals surface area contributed by atoms with Crippen molar-refractivity contribution >= 4 is 21.5 Å². The van der Waals surface area contributed by atoms with Crippen LogP contribution < -0.4 is 10.0 Å². The van der Waals surface area contributed by atoms with Gasteiger partial charge in [0.25, 0.3) is 10.0 Å². The van der Waals surface area contributed by atoms with E-state index in [4.69, 9.17) is 0 Å². The van der Waals surface area contributed by atoms with Crippen LogP contribution in [-0.2, 0) is 16.6 Å². The number of nitrogens with one attached hydrogen (secondary N) is 2. The molecule has 1 aromatic heterocycles. The first kappa shape index (κ1) is 18.9. The lowest BCUT2D eigenvalue weighted by atomic mass is 10.1. The second-order valence-electron chi connectivity index (χ2n) is 6.65. The number of benzene rings is 2. The highest BCUT2D eigenvalue weighted by Gasteiger charge is 2.17. The molecule has 0 amide bonds. The fraction of sp³-hybridized carbons (Fsp3) is 0.190. The smallest absolute Gasteiger partial charge is 0.263 e. The normalized spacial score (nSPS) is 11.2. The largest absolute Gasteiger partial charge is 0.380 e. The first-order valence-electron chi connectivity index (χ1n) is 8.69. The average molecular weight is 382 g/mol. The van der Waals surface area contributed by atoms with Gasteiger partial charge in [-0.3, -0.25) is 4.72 Å². The predicted octanol–water partition coefficient (Wildman–Crippen LogP) is 4.42. The molecule has 6 heteroatoms. The Morgan fingerprint density at radius 3 is 2.37 bits per heavy atom. The van der Waals surface area contributed by atoms with Gasteiger partial charge in [-0.2, -0.15) is 0 Å². The van der Waals surface area contributed by atoms with E-state index >= 15 is 0 Å². The van der Waals surface area contributed by atoms with Gasteiger partial charge < -0.3 is 5.32 Å². The number of nitrogens with zero attached hydrogens (tertiary/aromatic N) is 1. The topological polar surface area (TPSA) is 71.1 Å². The van der Waals surface area contributed by atoms with Crippen LogP contribution >= 0.6 is 0 Å². The quantitative estimate of drug-likeness (QED) is 0.663. The number of aromatic nitrogens is 1. The summed E-state index contributed by atoms with van der Waals surface area (Å²) in [5.74, 6) is 0.288. The van der Waals surface area contributed by atoms with Crippen LogP contribution in [-0.4, -0.2) is 13.4 Å². The number of rotatable bonds is 6. The summed E-state index contributed by atoms with van der Waals surface area (Å²) >= 11 is 0. The summed E-state index contributed by atoms with van der Waals surface area (Å²) < 4.78 is 27.7. The van der Waals surface area contributed by atoms with E-state index in [-0.39, 0.29) is 10.7 Å². The lowest BCUT2D eigenvalue weighted by molar-refractivity contribution is 0.600. The van der Waals surface area contributed by atoms with Gasteiger partial charge in [0, 0.05) is 6.54 Å². The number of hydrogen-bond donors (Lipinski definition) is 2. The molecule has 0 aliphatic carbocycles. The Balaban J connectivity index is 1.68. The summed E-state index contributed by atoms with van der Waals surface area (Å²) in [4.78, 5) is 4.47. The third kappa shape index (κ3) is 4.86. The molecule has 0 unspecified atom stereocenters. The predicted molar refractivity (Wildman–Crippen MR) is 109 cm³/mol. The Labute approximate surface area is 160 Å². The molecule has 0 radical (unpaired) electrons. The molecule has 140 valence electrons. The van der Waals surface area contributed by atoms with Gasteiger partial charge in [0.1, 0.15) is 5.82 Å². The summed E-state index contributed by atoms with van der Waals surface area (Å²) in [6, 6.07) is 17.0. The van der Waals surface area contributed by atoms with Crippen LogP contribution in [0.2, 0.25) is 0 Å². The lowest BCUT2D eigenvalue weighted by Crippen LogP contribution is -2.15. The summed E-state index contributed by atoms with van der Waals surface area (Å²) in [6.45, 7) is 6.45. The maximum Gasteiger partial charge on any atom is 0.263 e. The maximum absolute atomic E-state index is 12.6. The van der Waals surface area contributed by atoms with E-state index in [9.17, 15) is 8.42 Å². The van der Waals surface area contributed by atoms with Crippen LogP contribution in [0.15, 0.2) is 65.7 Å². The number of anilines is 2. The second-order valence-corrected chi connectivity index (χ2v) is 8.30. The molecule has 3 rings (SSSR count). The number of pyridine rings is 1. The highest BCUT2D eigenvalue weighted by atomic mass is 32.2. The van der Waals surface area contributed by atoms with Crippen molar-refractivity contribution in [2.24, 2.45) is 0 Å². The van der Waals surface area contributed by atoms with E-state index in [0.717, 1.165) is 11.3 Å². The van der Waals surface area contributed by atoms with Gasteiger partial charge in [-0.25, -0.2) is 13.4 Å². The van der Waals surface area contributed by atoms with Crippen LogP contribution in [0.25, 0.3) is 0 Å². The fourth-order valence-electron chi connectivity index (χ4n) is 2.88. The molecule has 0 aliphatic rings. The van der Waals surface area contributed by atoms with Gasteiger partial charge in [-0.1, -0.05) is 47.5 Å². The standard InChI is InChI=1S/C21H23N3O2S/c1-15-5-4-6-18(12-15)13-22-19-8-10-21(23-14-19)24-27(25,26)20-9-7-16(2)11-17(20)3/h4-12,14,22H,13H2,1-3H3,(H,23,24). The molecule has 0 aliphatic heterocycles. The zero-order chi connectivity index (χ0) is 19.4. The van der Waals surface area contributed by atoms with E-state index < -0.39 is 10.0 Å². The Kier molecular flexibility index (Phi) is 5.46. The fourth-order valence-corrected chi connectivity index (χ4v) is 4.11. The maximum atomic E-state index is 12.6. The van der Waals surface area contributed by atoms with E-state index in [1.54, 1.807) is 31.3 Å². The first-order chi connectivity index (χ1) is 12.8. The van der Waals surface area contributed by atoms with Crippen molar-refractivity contribution in [2.75, 3.05) is 10.0 Å². The molecule has 0 fully saturated rings. The second kappa shape index (κ2) is 7.80. The molecule has 1 heterocycles. The van der Waals surface area contributed by atoms with Crippen molar-refractivity contribution in [1.29, 1.82) is 0 Å². The molecular formula is C21H23N3O2S. The van der Waals surface area contributed by atoms with Crippen LogP contribution in [0.4, 0.5) is 11.5 Å². The lowest BCUT2D eigenvalue weighted by Gasteiger charge is -2.11. The SMILES string of the molecule is Cc1cccc(CNc2ccc(NS(=O)(=O)c3ccc(C)cc3C)nc2)c1. The Bertz CT molecular complexity index is 1050. The molecule has 0 bridgehead atoms. The zero-order valence-corrected chi connectivity index (χ0v) is 16.5. The number of aryl methyl sites for hydroxylation is 3. The molecule has 5 nitrogen and oxygen atoms in total. The minimum atomic E-state index is -3.67. The van der Waals surface area contributed by atoms with Crippen LogP contribution in [0.5, 0.6) is 0 Å². The Hall–Kier alpha value is -2.86. The van der Waals surface area contributed by atoms with Crippen LogP contribution in [0.3, 0.4) is 0 Å². The summed E-state index contributed by atoms with van der Waals surface area (Å²) in [6.07, 6.45) is 1.62. The van der Waals surface area contributed by atoms with Crippen molar-refractivity contribution in [3.05, 3.63) is 83.0 Å². The third-order valence-electron chi connectivity index (χ3n) is 4.20. The van der Waals surface area contributed by atoms with E-state index in [2.05, 4.69) is 40.1 Å². The van der Waals surface area contributed by atoms with E-state index in [0.29, 0.717) is 12.1 Å². The molecule has 0 saturated heterocycles. The van der Waals surface area contributed by atoms with Crippen molar-refractivity contribution < 1.29 is 8.42 Å². The van der Waals surface area contributed by atoms with Gasteiger partial charge >= 0.3 is 0 Å². The van der Waals surface area contributed by atoms with Crippen molar-refractivity contribution in [2.45, 2.75) is 32.2 Å². The molecule has 0 spiro atoms. The highest BCUT2D eigenvalue weighted by molar-refractivity contribution is 7.92. The van der Waals surface area contributed by atoms with Gasteiger partial charge in [0.2, 0.25) is 0 Å². The Morgan fingerprint density at radius 2 is 1.70 bits per heavy atom. The summed E-state index contributed by atoms with van der Waals surface area (Å²) in [7, 11) is -3.67. The zero-order valence-electron chi connectivity index (χ0n) is 15.7. The van der Waals surface area contributed by atoms with Crippen LogP contribution in [0, 0.1) is 20.8 Å². The van der Waals surface area contributed by atoms with Gasteiger partial charge in [0.15, 0.2) is 0 Å². The van der Waals surface area contributed by atoms with Crippen molar-refractivity contribution in [3.63, 3.8) is 0 Å². The monoisotopic (exact) mass is 381 g/mol. The van der Waals surface area contributed by atoms with Gasteiger partial charge in [0.05, 0.1) is 16.8 Å². The van der Waals surface area contributed by atoms with E-state index in [1.807, 2.05) is 25.1 Å². The highest BCUT2D eigenvalue weighted by Crippen LogP contribution is 2.20. The first-order valence-corrected chi connectivity index (χ1v) is 10.2. The summed E-state index contributed by atoms with van der Waals surface area (Å²) in [5, 5.41) is 3.29.